The van der Waals surface area contributed by atoms with Crippen LogP contribution in [0, 0.1) is 11.8 Å². The molecule has 0 aromatic heterocycles. The fourth-order valence-corrected chi connectivity index (χ4v) is 1.71. The second-order valence-corrected chi connectivity index (χ2v) is 3.26. The van der Waals surface area contributed by atoms with Crippen LogP contribution in [0.15, 0.2) is 5.16 Å². The van der Waals surface area contributed by atoms with Gasteiger partial charge in [-0.05, 0) is 24.7 Å². The normalized spacial score (nSPS) is 38.4. The zero-order valence-electron chi connectivity index (χ0n) is 6.67. The maximum Gasteiger partial charge on any atom is 0.0626 e. The van der Waals surface area contributed by atoms with Crippen LogP contribution in [-0.2, 0) is 0 Å². The van der Waals surface area contributed by atoms with Crippen LogP contribution in [0.4, 0.5) is 0 Å². The molecule has 10 heavy (non-hydrogen) atoms. The van der Waals surface area contributed by atoms with E-state index in [1.807, 2.05) is 0 Å². The predicted octanol–water partition coefficient (Wildman–Crippen LogP) is 2.27. The lowest BCUT2D eigenvalue weighted by Crippen LogP contribution is -2.24. The molecule has 0 aromatic rings. The summed E-state index contributed by atoms with van der Waals surface area (Å²) in [7, 11) is 0. The molecule has 0 amide bonds. The summed E-state index contributed by atoms with van der Waals surface area (Å²) in [4.78, 5) is 0. The minimum atomic E-state index is 0.494. The molecule has 1 rings (SSSR count). The van der Waals surface area contributed by atoms with E-state index in [2.05, 4.69) is 19.0 Å². The van der Waals surface area contributed by atoms with Crippen LogP contribution in [0.25, 0.3) is 0 Å². The van der Waals surface area contributed by atoms with Crippen molar-refractivity contribution in [2.24, 2.45) is 17.0 Å². The molecule has 0 aliphatic heterocycles. The van der Waals surface area contributed by atoms with Crippen molar-refractivity contribution in [3.05, 3.63) is 0 Å². The van der Waals surface area contributed by atoms with Gasteiger partial charge >= 0.3 is 0 Å². The maximum absolute atomic E-state index is 8.62. The Morgan fingerprint density at radius 3 is 2.10 bits per heavy atom. The Kier molecular flexibility index (Phi) is 2.30. The van der Waals surface area contributed by atoms with Crippen LogP contribution in [0.3, 0.4) is 0 Å². The van der Waals surface area contributed by atoms with Gasteiger partial charge in [-0.2, -0.15) is 0 Å². The molecule has 0 aromatic carbocycles. The van der Waals surface area contributed by atoms with Crippen molar-refractivity contribution in [1.29, 1.82) is 0 Å². The van der Waals surface area contributed by atoms with Gasteiger partial charge in [0.2, 0.25) is 0 Å². The molecule has 0 saturated heterocycles. The van der Waals surface area contributed by atoms with Gasteiger partial charge in [-0.3, -0.25) is 0 Å². The average Bonchev–Trinajstić information content (AvgIpc) is 1.88. The standard InChI is InChI=1S/C8H15NO/c1-6-4-3-5-7(2)8(6)9-10/h6-7,10H,3-5H2,1-2H3/b9-8-/t6-,7+/m0/s1. The van der Waals surface area contributed by atoms with Crippen LogP contribution in [0.5, 0.6) is 0 Å². The van der Waals surface area contributed by atoms with E-state index in [0.29, 0.717) is 11.8 Å². The first-order valence-corrected chi connectivity index (χ1v) is 3.97. The minimum absolute atomic E-state index is 0.494. The molecule has 1 aliphatic carbocycles. The van der Waals surface area contributed by atoms with Crippen molar-refractivity contribution < 1.29 is 5.21 Å². The van der Waals surface area contributed by atoms with Gasteiger partial charge in [0.1, 0.15) is 0 Å². The van der Waals surface area contributed by atoms with E-state index in [-0.39, 0.29) is 0 Å². The predicted molar refractivity (Wildman–Crippen MR) is 41.4 cm³/mol. The molecule has 0 heterocycles. The summed E-state index contributed by atoms with van der Waals surface area (Å²) in [5.74, 6) is 0.988. The van der Waals surface area contributed by atoms with Crippen LogP contribution in [0.1, 0.15) is 33.1 Å². The number of nitrogens with zero attached hydrogens (tertiary/aromatic N) is 1. The first-order chi connectivity index (χ1) is 4.75. The van der Waals surface area contributed by atoms with Gasteiger partial charge in [-0.1, -0.05) is 25.4 Å². The van der Waals surface area contributed by atoms with Gasteiger partial charge in [0.25, 0.3) is 0 Å². The van der Waals surface area contributed by atoms with E-state index in [1.54, 1.807) is 0 Å². The van der Waals surface area contributed by atoms with Crippen LogP contribution in [-0.4, -0.2) is 10.9 Å². The highest BCUT2D eigenvalue weighted by Gasteiger charge is 2.22. The zero-order valence-corrected chi connectivity index (χ0v) is 6.67. The highest BCUT2D eigenvalue weighted by atomic mass is 16.4. The van der Waals surface area contributed by atoms with E-state index >= 15 is 0 Å². The van der Waals surface area contributed by atoms with Gasteiger partial charge in [-0.15, -0.1) is 0 Å². The number of hydrogen-bond acceptors (Lipinski definition) is 2. The lowest BCUT2D eigenvalue weighted by Gasteiger charge is -2.24. The van der Waals surface area contributed by atoms with Gasteiger partial charge in [0, 0.05) is 0 Å². The summed E-state index contributed by atoms with van der Waals surface area (Å²) in [6.45, 7) is 4.26. The second kappa shape index (κ2) is 3.04. The molecule has 2 atom stereocenters. The number of oxime groups is 1. The van der Waals surface area contributed by atoms with Crippen molar-refractivity contribution in [1.82, 2.24) is 0 Å². The quantitative estimate of drug-likeness (QED) is 0.407. The van der Waals surface area contributed by atoms with Crippen LogP contribution >= 0.6 is 0 Å². The monoisotopic (exact) mass is 141 g/mol. The van der Waals surface area contributed by atoms with Gasteiger partial charge < -0.3 is 5.21 Å². The summed E-state index contributed by atoms with van der Waals surface area (Å²) in [6, 6.07) is 0. The minimum Gasteiger partial charge on any atom is -0.411 e. The first-order valence-electron chi connectivity index (χ1n) is 3.97. The second-order valence-electron chi connectivity index (χ2n) is 3.26. The summed E-state index contributed by atoms with van der Waals surface area (Å²) in [6.07, 6.45) is 3.65. The lowest BCUT2D eigenvalue weighted by molar-refractivity contribution is 0.304. The Hall–Kier alpha value is -0.530. The molecule has 58 valence electrons. The number of hydrogen-bond donors (Lipinski definition) is 1. The molecule has 1 N–H and O–H groups in total. The molecule has 0 unspecified atom stereocenters. The fourth-order valence-electron chi connectivity index (χ4n) is 1.71. The summed E-state index contributed by atoms with van der Waals surface area (Å²) >= 11 is 0. The molecular weight excluding hydrogens is 126 g/mol. The highest BCUT2D eigenvalue weighted by molar-refractivity contribution is 5.88. The van der Waals surface area contributed by atoms with Gasteiger partial charge in [0.15, 0.2) is 0 Å². The fraction of sp³-hybridized carbons (Fsp3) is 0.875. The Balaban J connectivity index is 2.63. The molecule has 1 aliphatic rings. The molecule has 0 radical (unpaired) electrons. The highest BCUT2D eigenvalue weighted by Crippen LogP contribution is 2.25. The molecule has 1 saturated carbocycles. The Morgan fingerprint density at radius 2 is 1.80 bits per heavy atom. The van der Waals surface area contributed by atoms with Crippen molar-refractivity contribution in [2.45, 2.75) is 33.1 Å². The van der Waals surface area contributed by atoms with Crippen LogP contribution < -0.4 is 0 Å². The molecule has 1 fully saturated rings. The van der Waals surface area contributed by atoms with E-state index in [0.717, 1.165) is 5.71 Å². The third-order valence-corrected chi connectivity index (χ3v) is 2.40. The van der Waals surface area contributed by atoms with Crippen molar-refractivity contribution >= 4 is 5.71 Å². The Morgan fingerprint density at radius 1 is 1.30 bits per heavy atom. The summed E-state index contributed by atoms with van der Waals surface area (Å²) in [5, 5.41) is 11.9. The third kappa shape index (κ3) is 1.31. The van der Waals surface area contributed by atoms with E-state index in [4.69, 9.17) is 5.21 Å². The summed E-state index contributed by atoms with van der Waals surface area (Å²) < 4.78 is 0. The zero-order chi connectivity index (χ0) is 7.56. The van der Waals surface area contributed by atoms with E-state index in [9.17, 15) is 0 Å². The van der Waals surface area contributed by atoms with Crippen molar-refractivity contribution in [2.75, 3.05) is 0 Å². The third-order valence-electron chi connectivity index (χ3n) is 2.40. The maximum atomic E-state index is 8.62. The Bertz CT molecular complexity index is 130. The smallest absolute Gasteiger partial charge is 0.0626 e. The molecule has 0 bridgehead atoms. The molecule has 0 spiro atoms. The van der Waals surface area contributed by atoms with Gasteiger partial charge in [0.05, 0.1) is 5.71 Å². The van der Waals surface area contributed by atoms with Crippen molar-refractivity contribution in [3.8, 4) is 0 Å². The first kappa shape index (κ1) is 7.58. The topological polar surface area (TPSA) is 32.6 Å². The largest absolute Gasteiger partial charge is 0.411 e. The van der Waals surface area contributed by atoms with E-state index in [1.165, 1.54) is 19.3 Å². The molecular formula is C8H15NO. The lowest BCUT2D eigenvalue weighted by atomic mass is 9.82. The Labute approximate surface area is 61.9 Å². The SMILES string of the molecule is C[C@@H]1CCC[C@H](C)/C1=N/O. The number of rotatable bonds is 0. The summed E-state index contributed by atoms with van der Waals surface area (Å²) in [5.41, 5.74) is 0.992. The average molecular weight is 141 g/mol. The van der Waals surface area contributed by atoms with Gasteiger partial charge in [-0.25, -0.2) is 0 Å². The molecule has 2 nitrogen and oxygen atoms in total. The van der Waals surface area contributed by atoms with Crippen molar-refractivity contribution in [3.63, 3.8) is 0 Å². The van der Waals surface area contributed by atoms with E-state index < -0.39 is 0 Å². The molecule has 2 heteroatoms. The van der Waals surface area contributed by atoms with Crippen LogP contribution in [0.2, 0.25) is 0 Å².